The van der Waals surface area contributed by atoms with Crippen molar-refractivity contribution < 1.29 is 0 Å². The molecule has 1 atom stereocenters. The van der Waals surface area contributed by atoms with Crippen molar-refractivity contribution in [3.05, 3.63) is 24.8 Å². The minimum Gasteiger partial charge on any atom is -0.393 e. The average molecular weight is 301 g/mol. The summed E-state index contributed by atoms with van der Waals surface area (Å²) in [4.78, 5) is 11.0. The molecule has 1 fully saturated rings. The van der Waals surface area contributed by atoms with E-state index >= 15 is 0 Å². The molecule has 3 N–H and O–H groups in total. The summed E-state index contributed by atoms with van der Waals surface area (Å²) < 4.78 is 1.65. The second kappa shape index (κ2) is 6.74. The van der Waals surface area contributed by atoms with Crippen LogP contribution in [0.3, 0.4) is 0 Å². The highest BCUT2D eigenvalue weighted by Gasteiger charge is 2.15. The molecule has 0 radical (unpaired) electrons. The fourth-order valence-electron chi connectivity index (χ4n) is 2.85. The van der Waals surface area contributed by atoms with Gasteiger partial charge in [-0.1, -0.05) is 6.92 Å². The zero-order chi connectivity index (χ0) is 15.4. The lowest BCUT2D eigenvalue weighted by atomic mass is 10.1. The second-order valence-electron chi connectivity index (χ2n) is 5.90. The molecule has 1 aliphatic heterocycles. The molecule has 7 nitrogen and oxygen atoms in total. The van der Waals surface area contributed by atoms with Gasteiger partial charge in [0.1, 0.15) is 12.0 Å². The first-order chi connectivity index (χ1) is 10.7. The Morgan fingerprint density at radius 1 is 1.32 bits per heavy atom. The highest BCUT2D eigenvalue weighted by atomic mass is 15.3. The van der Waals surface area contributed by atoms with E-state index in [9.17, 15) is 0 Å². The van der Waals surface area contributed by atoms with E-state index in [0.717, 1.165) is 13.1 Å². The number of hydrogen-bond acceptors (Lipinski definition) is 6. The molecular weight excluding hydrogens is 278 g/mol. The lowest BCUT2D eigenvalue weighted by Crippen LogP contribution is -2.29. The van der Waals surface area contributed by atoms with Crippen molar-refractivity contribution in [2.24, 2.45) is 5.92 Å². The van der Waals surface area contributed by atoms with E-state index in [0.29, 0.717) is 23.2 Å². The lowest BCUT2D eigenvalue weighted by molar-refractivity contribution is 0.294. The summed E-state index contributed by atoms with van der Waals surface area (Å²) in [5.41, 5.74) is 6.69. The van der Waals surface area contributed by atoms with Gasteiger partial charge in [0.25, 0.3) is 0 Å². The molecule has 0 aromatic carbocycles. The maximum absolute atomic E-state index is 6.17. The van der Waals surface area contributed by atoms with Crippen LogP contribution in [0.5, 0.6) is 0 Å². The Labute approximate surface area is 130 Å². The fraction of sp³-hybridized carbons (Fsp3) is 0.533. The molecule has 0 bridgehead atoms. The van der Waals surface area contributed by atoms with Crippen LogP contribution in [-0.4, -0.2) is 50.8 Å². The molecule has 2 aromatic heterocycles. The van der Waals surface area contributed by atoms with Crippen molar-refractivity contribution in [1.82, 2.24) is 24.6 Å². The number of nitrogens with one attached hydrogen (secondary N) is 1. The smallest absolute Gasteiger partial charge is 0.181 e. The van der Waals surface area contributed by atoms with Crippen LogP contribution in [-0.2, 0) is 0 Å². The Morgan fingerprint density at radius 3 is 2.86 bits per heavy atom. The summed E-state index contributed by atoms with van der Waals surface area (Å²) in [6.07, 6.45) is 7.69. The van der Waals surface area contributed by atoms with Gasteiger partial charge in [-0.3, -0.25) is 0 Å². The van der Waals surface area contributed by atoms with E-state index in [1.54, 1.807) is 10.9 Å². The van der Waals surface area contributed by atoms with Gasteiger partial charge in [0.2, 0.25) is 0 Å². The molecular formula is C15H23N7. The fourth-order valence-corrected chi connectivity index (χ4v) is 2.85. The van der Waals surface area contributed by atoms with Crippen LogP contribution in [0.4, 0.5) is 11.5 Å². The van der Waals surface area contributed by atoms with Crippen molar-refractivity contribution in [2.75, 3.05) is 37.2 Å². The summed E-state index contributed by atoms with van der Waals surface area (Å²) >= 11 is 0. The first-order valence-corrected chi connectivity index (χ1v) is 7.81. The van der Waals surface area contributed by atoms with Gasteiger partial charge in [-0.2, -0.15) is 5.10 Å². The number of nitrogens with two attached hydrogens (primary N) is 1. The molecule has 1 saturated heterocycles. The third-order valence-corrected chi connectivity index (χ3v) is 3.97. The highest BCUT2D eigenvalue weighted by Crippen LogP contribution is 2.21. The third kappa shape index (κ3) is 3.36. The Bertz CT molecular complexity index is 590. The Hall–Kier alpha value is -2.15. The predicted molar refractivity (Wildman–Crippen MR) is 86.9 cm³/mol. The summed E-state index contributed by atoms with van der Waals surface area (Å²) in [6, 6.07) is 1.84. The van der Waals surface area contributed by atoms with Crippen molar-refractivity contribution >= 4 is 11.5 Å². The molecule has 2 aromatic rings. The third-order valence-electron chi connectivity index (χ3n) is 3.97. The monoisotopic (exact) mass is 301 g/mol. The van der Waals surface area contributed by atoms with Gasteiger partial charge < -0.3 is 16.0 Å². The van der Waals surface area contributed by atoms with Gasteiger partial charge in [0.15, 0.2) is 11.6 Å². The maximum atomic E-state index is 6.17. The molecule has 1 aliphatic rings. The summed E-state index contributed by atoms with van der Waals surface area (Å²) in [5.74, 6) is 1.82. The molecule has 0 unspecified atom stereocenters. The first-order valence-electron chi connectivity index (χ1n) is 7.81. The molecule has 118 valence electrons. The van der Waals surface area contributed by atoms with Crippen molar-refractivity contribution in [1.29, 1.82) is 0 Å². The van der Waals surface area contributed by atoms with Gasteiger partial charge >= 0.3 is 0 Å². The van der Waals surface area contributed by atoms with Crippen LogP contribution in [0, 0.1) is 5.92 Å². The van der Waals surface area contributed by atoms with Crippen molar-refractivity contribution in [2.45, 2.75) is 19.8 Å². The zero-order valence-electron chi connectivity index (χ0n) is 12.9. The number of nitrogens with zero attached hydrogens (tertiary/aromatic N) is 5. The van der Waals surface area contributed by atoms with Crippen LogP contribution >= 0.6 is 0 Å². The number of rotatable bonds is 6. The number of aromatic nitrogens is 4. The molecule has 7 heteroatoms. The molecule has 22 heavy (non-hydrogen) atoms. The van der Waals surface area contributed by atoms with Crippen LogP contribution in [0.25, 0.3) is 5.82 Å². The summed E-state index contributed by atoms with van der Waals surface area (Å²) in [6.45, 7) is 6.66. The van der Waals surface area contributed by atoms with E-state index in [2.05, 4.69) is 32.2 Å². The number of hydrogen-bond donors (Lipinski definition) is 2. The topological polar surface area (TPSA) is 84.9 Å². The Morgan fingerprint density at radius 2 is 2.14 bits per heavy atom. The second-order valence-corrected chi connectivity index (χ2v) is 5.90. The van der Waals surface area contributed by atoms with Crippen LogP contribution < -0.4 is 11.1 Å². The van der Waals surface area contributed by atoms with Crippen LogP contribution in [0.2, 0.25) is 0 Å². The maximum Gasteiger partial charge on any atom is 0.181 e. The van der Waals surface area contributed by atoms with Gasteiger partial charge in [0.05, 0.1) is 0 Å². The van der Waals surface area contributed by atoms with E-state index in [1.807, 2.05) is 12.3 Å². The highest BCUT2D eigenvalue weighted by molar-refractivity contribution is 5.68. The zero-order valence-corrected chi connectivity index (χ0v) is 12.9. The van der Waals surface area contributed by atoms with Crippen molar-refractivity contribution in [3.8, 4) is 5.82 Å². The molecule has 0 spiro atoms. The number of anilines is 2. The normalized spacial score (nSPS) is 16.8. The molecule has 0 saturated carbocycles. The quantitative estimate of drug-likeness (QED) is 0.838. The van der Waals surface area contributed by atoms with Crippen LogP contribution in [0.1, 0.15) is 19.8 Å². The predicted octanol–water partition coefficient (Wildman–Crippen LogP) is 1.39. The van der Waals surface area contributed by atoms with E-state index in [-0.39, 0.29) is 0 Å². The van der Waals surface area contributed by atoms with Gasteiger partial charge in [-0.25, -0.2) is 14.6 Å². The van der Waals surface area contributed by atoms with Crippen LogP contribution in [0.15, 0.2) is 24.8 Å². The minimum atomic E-state index is 0.527. The lowest BCUT2D eigenvalue weighted by Gasteiger charge is -2.21. The van der Waals surface area contributed by atoms with Gasteiger partial charge in [0, 0.05) is 25.5 Å². The Kier molecular flexibility index (Phi) is 4.53. The summed E-state index contributed by atoms with van der Waals surface area (Å²) in [7, 11) is 0. The first kappa shape index (κ1) is 14.8. The molecule has 3 rings (SSSR count). The number of nitrogen functional groups attached to an aromatic ring is 1. The van der Waals surface area contributed by atoms with E-state index in [1.165, 1.54) is 32.3 Å². The molecule has 0 aliphatic carbocycles. The van der Waals surface area contributed by atoms with Crippen molar-refractivity contribution in [3.63, 3.8) is 0 Å². The average Bonchev–Trinajstić information content (AvgIpc) is 3.19. The van der Waals surface area contributed by atoms with E-state index in [4.69, 9.17) is 5.73 Å². The Balaban J connectivity index is 1.61. The standard InChI is InChI=1S/C15H23N7/c1-12(10-21-6-2-3-7-21)9-17-14-13(16)15(19-11-18-14)22-8-4-5-20-22/h4-5,8,11-12H,2-3,6-7,9-10,16H2,1H3,(H,17,18,19)/t12-/m0/s1. The largest absolute Gasteiger partial charge is 0.393 e. The minimum absolute atomic E-state index is 0.527. The summed E-state index contributed by atoms with van der Waals surface area (Å²) in [5, 5.41) is 7.51. The SMILES string of the molecule is C[C@@H](CNc1ncnc(-n2cccn2)c1N)CN1CCCC1. The molecule has 0 amide bonds. The van der Waals surface area contributed by atoms with Gasteiger partial charge in [-0.05, 0) is 37.9 Å². The van der Waals surface area contributed by atoms with E-state index < -0.39 is 0 Å². The van der Waals surface area contributed by atoms with Gasteiger partial charge in [-0.15, -0.1) is 0 Å². The number of likely N-dealkylation sites (tertiary alicyclic amines) is 1. The molecule has 3 heterocycles.